The van der Waals surface area contributed by atoms with Crippen LogP contribution in [0.5, 0.6) is 0 Å². The lowest BCUT2D eigenvalue weighted by molar-refractivity contribution is -0.384. The number of hydrogen-bond acceptors (Lipinski definition) is 5. The van der Waals surface area contributed by atoms with Crippen LogP contribution < -0.4 is 5.73 Å². The predicted octanol–water partition coefficient (Wildman–Crippen LogP) is 2.55. The number of aryl methyl sites for hydroxylation is 1. The molecule has 0 aliphatic carbocycles. The Morgan fingerprint density at radius 1 is 1.71 bits per heavy atom. The summed E-state index contributed by atoms with van der Waals surface area (Å²) in [7, 11) is 0. The molecule has 8 heteroatoms. The van der Waals surface area contributed by atoms with E-state index in [9.17, 15) is 10.1 Å². The highest BCUT2D eigenvalue weighted by Gasteiger charge is 2.23. The normalized spacial score (nSPS) is 10.7. The van der Waals surface area contributed by atoms with E-state index in [2.05, 4.69) is 21.0 Å². The monoisotopic (exact) mass is 316 g/mol. The van der Waals surface area contributed by atoms with Gasteiger partial charge in [-0.15, -0.1) is 11.3 Å². The molecule has 2 N–H and O–H groups in total. The molecule has 0 aliphatic heterocycles. The number of nitrogen functional groups attached to an aromatic ring is 1. The van der Waals surface area contributed by atoms with Gasteiger partial charge in [-0.05, 0) is 34.3 Å². The van der Waals surface area contributed by atoms with Gasteiger partial charge in [-0.3, -0.25) is 10.1 Å². The molecule has 0 radical (unpaired) electrons. The fourth-order valence-corrected chi connectivity index (χ4v) is 2.97. The van der Waals surface area contributed by atoms with Crippen molar-refractivity contribution < 1.29 is 4.92 Å². The number of nitrogens with two attached hydrogens (primary N) is 1. The quantitative estimate of drug-likeness (QED) is 0.696. The number of thiophene rings is 1. The summed E-state index contributed by atoms with van der Waals surface area (Å²) in [4.78, 5) is 11.3. The van der Waals surface area contributed by atoms with Crippen LogP contribution in [0.25, 0.3) is 0 Å². The van der Waals surface area contributed by atoms with E-state index in [-0.39, 0.29) is 11.5 Å². The smallest absolute Gasteiger partial charge is 0.333 e. The van der Waals surface area contributed by atoms with E-state index in [0.29, 0.717) is 12.2 Å². The van der Waals surface area contributed by atoms with E-state index in [1.54, 1.807) is 18.3 Å². The Morgan fingerprint density at radius 3 is 2.88 bits per heavy atom. The van der Waals surface area contributed by atoms with Gasteiger partial charge in [-0.1, -0.05) is 0 Å². The molecule has 0 atom stereocenters. The first kappa shape index (κ1) is 12.1. The molecule has 90 valence electrons. The molecule has 2 rings (SSSR count). The molecule has 0 bridgehead atoms. The maximum atomic E-state index is 10.8. The molecule has 0 aromatic carbocycles. The van der Waals surface area contributed by atoms with Crippen LogP contribution in [0.3, 0.4) is 0 Å². The first-order valence-electron chi connectivity index (χ1n) is 4.70. The number of hydrogen-bond donors (Lipinski definition) is 1. The minimum atomic E-state index is -0.502. The summed E-state index contributed by atoms with van der Waals surface area (Å²) in [5.74, 6) is 0.0906. The number of anilines is 1. The molecule has 0 aliphatic rings. The van der Waals surface area contributed by atoms with E-state index < -0.39 is 4.92 Å². The Kier molecular flexibility index (Phi) is 3.16. The summed E-state index contributed by atoms with van der Waals surface area (Å²) in [5.41, 5.74) is 5.94. The highest BCUT2D eigenvalue weighted by molar-refractivity contribution is 9.10. The van der Waals surface area contributed by atoms with Crippen LogP contribution in [-0.4, -0.2) is 14.7 Å². The molecule has 6 nitrogen and oxygen atoms in total. The Morgan fingerprint density at radius 2 is 2.41 bits per heavy atom. The first-order chi connectivity index (χ1) is 8.00. The van der Waals surface area contributed by atoms with E-state index >= 15 is 0 Å². The van der Waals surface area contributed by atoms with Crippen LogP contribution in [0.15, 0.2) is 15.9 Å². The molecule has 0 saturated heterocycles. The van der Waals surface area contributed by atoms with E-state index in [4.69, 9.17) is 5.73 Å². The summed E-state index contributed by atoms with van der Waals surface area (Å²) in [6.45, 7) is 2.01. The van der Waals surface area contributed by atoms with Crippen LogP contribution in [0, 0.1) is 17.0 Å². The molecule has 0 fully saturated rings. The number of rotatable bonds is 3. The fourth-order valence-electron chi connectivity index (χ4n) is 1.51. The Labute approximate surface area is 109 Å². The summed E-state index contributed by atoms with van der Waals surface area (Å²) >= 11 is 4.94. The summed E-state index contributed by atoms with van der Waals surface area (Å²) in [6.07, 6.45) is 0. The van der Waals surface area contributed by atoms with Crippen molar-refractivity contribution in [2.75, 3.05) is 5.73 Å². The van der Waals surface area contributed by atoms with Crippen LogP contribution >= 0.6 is 27.3 Å². The number of aromatic nitrogens is 2. The standard InChI is InChI=1S/C9H9BrN4O2S/c1-5-8(14(15)16)9(11)13(12-5)4-7-6(10)2-3-17-7/h2-3H,4,11H2,1H3. The molecule has 17 heavy (non-hydrogen) atoms. The van der Waals surface area contributed by atoms with Crippen molar-refractivity contribution in [1.29, 1.82) is 0 Å². The first-order valence-corrected chi connectivity index (χ1v) is 6.37. The van der Waals surface area contributed by atoms with E-state index in [1.807, 2.05) is 11.4 Å². The van der Waals surface area contributed by atoms with Crippen molar-refractivity contribution in [1.82, 2.24) is 9.78 Å². The van der Waals surface area contributed by atoms with E-state index in [1.165, 1.54) is 4.68 Å². The summed E-state index contributed by atoms with van der Waals surface area (Å²) in [5, 5.41) is 16.8. The number of nitrogens with zero attached hydrogens (tertiary/aromatic N) is 3. The zero-order valence-electron chi connectivity index (χ0n) is 8.88. The van der Waals surface area contributed by atoms with Crippen molar-refractivity contribution >= 4 is 38.8 Å². The van der Waals surface area contributed by atoms with Crippen molar-refractivity contribution in [2.45, 2.75) is 13.5 Å². The third-order valence-electron chi connectivity index (χ3n) is 2.30. The van der Waals surface area contributed by atoms with Gasteiger partial charge in [-0.25, -0.2) is 4.68 Å². The van der Waals surface area contributed by atoms with Gasteiger partial charge in [0.1, 0.15) is 5.69 Å². The molecule has 0 saturated carbocycles. The maximum Gasteiger partial charge on any atom is 0.333 e. The van der Waals surface area contributed by atoms with Gasteiger partial charge in [0.05, 0.1) is 11.5 Å². The van der Waals surface area contributed by atoms with Crippen molar-refractivity contribution in [3.63, 3.8) is 0 Å². The van der Waals surface area contributed by atoms with Gasteiger partial charge in [0.2, 0.25) is 5.82 Å². The molecule has 2 aromatic rings. The average Bonchev–Trinajstić information content (AvgIpc) is 2.73. The highest BCUT2D eigenvalue weighted by Crippen LogP contribution is 2.28. The van der Waals surface area contributed by atoms with Crippen molar-refractivity contribution in [3.8, 4) is 0 Å². The number of halogens is 1. The van der Waals surface area contributed by atoms with Crippen LogP contribution in [0.1, 0.15) is 10.6 Å². The van der Waals surface area contributed by atoms with Crippen LogP contribution in [-0.2, 0) is 6.54 Å². The van der Waals surface area contributed by atoms with Crippen LogP contribution in [0.4, 0.5) is 11.5 Å². The molecular weight excluding hydrogens is 308 g/mol. The Bertz CT molecular complexity index is 578. The molecular formula is C9H9BrN4O2S. The largest absolute Gasteiger partial charge is 0.378 e. The zero-order chi connectivity index (χ0) is 12.6. The Hall–Kier alpha value is -1.41. The number of nitro groups is 1. The Balaban J connectivity index is 2.38. The fraction of sp³-hybridized carbons (Fsp3) is 0.222. The average molecular weight is 317 g/mol. The lowest BCUT2D eigenvalue weighted by Gasteiger charge is -2.01. The van der Waals surface area contributed by atoms with Gasteiger partial charge < -0.3 is 5.73 Å². The minimum absolute atomic E-state index is 0.0906. The van der Waals surface area contributed by atoms with Crippen LogP contribution in [0.2, 0.25) is 0 Å². The third kappa shape index (κ3) is 2.18. The van der Waals surface area contributed by atoms with Gasteiger partial charge in [0.25, 0.3) is 0 Å². The maximum absolute atomic E-state index is 10.8. The SMILES string of the molecule is Cc1nn(Cc2sccc2Br)c(N)c1[N+](=O)[O-]. The second kappa shape index (κ2) is 4.46. The molecule has 0 spiro atoms. The van der Waals surface area contributed by atoms with Crippen molar-refractivity contribution in [3.05, 3.63) is 36.6 Å². The van der Waals surface area contributed by atoms with Gasteiger partial charge in [0, 0.05) is 9.35 Å². The molecule has 0 unspecified atom stereocenters. The van der Waals surface area contributed by atoms with Gasteiger partial charge in [0.15, 0.2) is 0 Å². The molecule has 0 amide bonds. The predicted molar refractivity (Wildman–Crippen MR) is 69.2 cm³/mol. The lowest BCUT2D eigenvalue weighted by atomic mass is 10.4. The third-order valence-corrected chi connectivity index (χ3v) is 4.21. The molecule has 2 heterocycles. The second-order valence-electron chi connectivity index (χ2n) is 3.43. The second-order valence-corrected chi connectivity index (χ2v) is 5.28. The molecule has 2 aromatic heterocycles. The zero-order valence-corrected chi connectivity index (χ0v) is 11.3. The summed E-state index contributed by atoms with van der Waals surface area (Å²) in [6, 6.07) is 1.92. The highest BCUT2D eigenvalue weighted by atomic mass is 79.9. The van der Waals surface area contributed by atoms with Gasteiger partial charge in [-0.2, -0.15) is 5.10 Å². The van der Waals surface area contributed by atoms with E-state index in [0.717, 1.165) is 9.35 Å². The van der Waals surface area contributed by atoms with Gasteiger partial charge >= 0.3 is 5.69 Å². The van der Waals surface area contributed by atoms with Crippen molar-refractivity contribution in [2.24, 2.45) is 0 Å². The minimum Gasteiger partial charge on any atom is -0.378 e. The summed E-state index contributed by atoms with van der Waals surface area (Å²) < 4.78 is 2.40. The topological polar surface area (TPSA) is 87.0 Å². The lowest BCUT2D eigenvalue weighted by Crippen LogP contribution is -2.06.